The van der Waals surface area contributed by atoms with Crippen LogP contribution in [-0.2, 0) is 0 Å². The average Bonchev–Trinajstić information content (AvgIpc) is 2.73. The third-order valence-electron chi connectivity index (χ3n) is 3.71. The number of nitrogens with two attached hydrogens (primary N) is 1. The number of alkyl halides is 1. The number of pyridine rings is 1. The average molecular weight is 360 g/mol. The maximum atomic E-state index is 13.2. The highest BCUT2D eigenvalue weighted by Crippen LogP contribution is 2.12. The van der Waals surface area contributed by atoms with Crippen molar-refractivity contribution in [2.45, 2.75) is 6.92 Å². The van der Waals surface area contributed by atoms with Gasteiger partial charge in [-0.1, -0.05) is 36.4 Å². The molecule has 0 fully saturated rings. The Morgan fingerprint density at radius 1 is 1.26 bits per heavy atom. The Balaban J connectivity index is 2.41. The predicted molar refractivity (Wildman–Crippen MR) is 108 cm³/mol. The molecule has 0 saturated heterocycles. The molecule has 0 amide bonds. The molecule has 1 aromatic heterocycles. The molecule has 0 atom stereocenters. The fraction of sp³-hybridized carbons (Fsp3) is 0.136. The monoisotopic (exact) mass is 360 g/mol. The van der Waals surface area contributed by atoms with Crippen LogP contribution in [0.15, 0.2) is 83.5 Å². The van der Waals surface area contributed by atoms with Crippen molar-refractivity contribution in [1.82, 2.24) is 4.98 Å². The second kappa shape index (κ2) is 10.5. The summed E-state index contributed by atoms with van der Waals surface area (Å²) in [5.41, 5.74) is 9.76. The van der Waals surface area contributed by atoms with Crippen molar-refractivity contribution < 1.29 is 4.39 Å². The number of aromatic nitrogens is 1. The molecule has 27 heavy (non-hydrogen) atoms. The molecule has 2 aromatic rings. The van der Waals surface area contributed by atoms with Gasteiger partial charge in [-0.05, 0) is 48.4 Å². The summed E-state index contributed by atoms with van der Waals surface area (Å²) >= 11 is 0. The summed E-state index contributed by atoms with van der Waals surface area (Å²) in [5.74, 6) is 0. The van der Waals surface area contributed by atoms with Crippen molar-refractivity contribution >= 4 is 11.4 Å². The lowest BCUT2D eigenvalue weighted by Crippen LogP contribution is -2.06. The molecule has 0 aliphatic carbocycles. The van der Waals surface area contributed by atoms with Gasteiger partial charge in [-0.25, -0.2) is 4.39 Å². The maximum Gasteiger partial charge on any atom is 0.113 e. The minimum atomic E-state index is -0.575. The van der Waals surface area contributed by atoms with Crippen LogP contribution in [0.4, 0.5) is 4.39 Å². The van der Waals surface area contributed by atoms with E-state index in [1.807, 2.05) is 25.1 Å². The van der Waals surface area contributed by atoms with Gasteiger partial charge in [-0.3, -0.25) is 9.98 Å². The standard InChI is InChI=1S/C22H21FN4/c1-2-3-6-18(14-23)16-27-22(19-10-8-17(15-24)9-11-19)13-20(25)21-7-4-5-12-26-21/h2-13H,14,16,25H2,1H3/b3-2-,18-6+,20-13?,27-22?. The van der Waals surface area contributed by atoms with Gasteiger partial charge in [0.1, 0.15) is 6.67 Å². The second-order valence-corrected chi connectivity index (χ2v) is 5.69. The van der Waals surface area contributed by atoms with Crippen molar-refractivity contribution in [2.75, 3.05) is 13.2 Å². The van der Waals surface area contributed by atoms with Gasteiger partial charge in [-0.2, -0.15) is 5.26 Å². The number of aliphatic imine (C=N–C) groups is 1. The smallest absolute Gasteiger partial charge is 0.113 e. The third-order valence-corrected chi connectivity index (χ3v) is 3.71. The molecule has 2 rings (SSSR count). The molecule has 0 spiro atoms. The highest BCUT2D eigenvalue weighted by Gasteiger charge is 2.06. The predicted octanol–water partition coefficient (Wildman–Crippen LogP) is 4.21. The highest BCUT2D eigenvalue weighted by atomic mass is 19.1. The fourth-order valence-corrected chi connectivity index (χ4v) is 2.25. The number of benzene rings is 1. The lowest BCUT2D eigenvalue weighted by atomic mass is 10.1. The maximum absolute atomic E-state index is 13.2. The van der Waals surface area contributed by atoms with Crippen LogP contribution in [0.3, 0.4) is 0 Å². The quantitative estimate of drug-likeness (QED) is 0.593. The normalized spacial score (nSPS) is 13.0. The van der Waals surface area contributed by atoms with Gasteiger partial charge in [0.05, 0.1) is 35.3 Å². The molecule has 0 radical (unpaired) electrons. The van der Waals surface area contributed by atoms with E-state index >= 15 is 0 Å². The lowest BCUT2D eigenvalue weighted by molar-refractivity contribution is 0.539. The number of halogens is 1. The van der Waals surface area contributed by atoms with E-state index in [-0.39, 0.29) is 6.54 Å². The van der Waals surface area contributed by atoms with Crippen LogP contribution >= 0.6 is 0 Å². The summed E-state index contributed by atoms with van der Waals surface area (Å²) in [7, 11) is 0. The van der Waals surface area contributed by atoms with Gasteiger partial charge in [0.25, 0.3) is 0 Å². The van der Waals surface area contributed by atoms with Crippen molar-refractivity contribution in [3.8, 4) is 6.07 Å². The van der Waals surface area contributed by atoms with Gasteiger partial charge in [0, 0.05) is 6.20 Å². The summed E-state index contributed by atoms with van der Waals surface area (Å²) in [5, 5.41) is 8.98. The van der Waals surface area contributed by atoms with Gasteiger partial charge >= 0.3 is 0 Å². The van der Waals surface area contributed by atoms with Gasteiger partial charge in [0.15, 0.2) is 0 Å². The van der Waals surface area contributed by atoms with Crippen LogP contribution in [0.25, 0.3) is 5.70 Å². The first-order valence-corrected chi connectivity index (χ1v) is 8.48. The molecule has 136 valence electrons. The summed E-state index contributed by atoms with van der Waals surface area (Å²) < 4.78 is 13.2. The summed E-state index contributed by atoms with van der Waals surface area (Å²) in [6.45, 7) is 1.50. The molecular weight excluding hydrogens is 339 g/mol. The Labute approximate surface area is 158 Å². The van der Waals surface area contributed by atoms with Crippen molar-refractivity contribution in [3.63, 3.8) is 0 Å². The summed E-state index contributed by atoms with van der Waals surface area (Å²) in [6.07, 6.45) is 8.71. The van der Waals surface area contributed by atoms with Gasteiger partial charge in [-0.15, -0.1) is 0 Å². The topological polar surface area (TPSA) is 75.1 Å². The van der Waals surface area contributed by atoms with Crippen molar-refractivity contribution in [2.24, 2.45) is 10.7 Å². The molecule has 0 bridgehead atoms. The Kier molecular flexibility index (Phi) is 7.68. The SMILES string of the molecule is C/C=C\C=C(/CF)CN=C(C=C(N)c1ccccn1)c1ccc(C#N)cc1. The van der Waals surface area contributed by atoms with Gasteiger partial charge in [0.2, 0.25) is 0 Å². The molecular formula is C22H21FN4. The van der Waals surface area contributed by atoms with Crippen LogP contribution in [0.1, 0.15) is 23.7 Å². The van der Waals surface area contributed by atoms with Crippen LogP contribution in [0.2, 0.25) is 0 Å². The van der Waals surface area contributed by atoms with E-state index in [2.05, 4.69) is 16.0 Å². The minimum absolute atomic E-state index is 0.210. The summed E-state index contributed by atoms with van der Waals surface area (Å²) in [4.78, 5) is 8.78. The molecule has 0 aliphatic heterocycles. The van der Waals surface area contributed by atoms with Crippen molar-refractivity contribution in [1.29, 1.82) is 5.26 Å². The van der Waals surface area contributed by atoms with E-state index in [0.29, 0.717) is 28.2 Å². The van der Waals surface area contributed by atoms with E-state index in [9.17, 15) is 4.39 Å². The molecule has 4 nitrogen and oxygen atoms in total. The molecule has 0 saturated carbocycles. The minimum Gasteiger partial charge on any atom is -0.397 e. The second-order valence-electron chi connectivity index (χ2n) is 5.69. The molecule has 5 heteroatoms. The molecule has 1 heterocycles. The number of allylic oxidation sites excluding steroid dienone is 4. The number of nitrogens with zero attached hydrogens (tertiary/aromatic N) is 3. The Hall–Kier alpha value is -3.52. The molecule has 1 aromatic carbocycles. The first kappa shape index (κ1) is 19.8. The summed E-state index contributed by atoms with van der Waals surface area (Å²) in [6, 6.07) is 14.6. The Morgan fingerprint density at radius 3 is 2.63 bits per heavy atom. The first-order valence-electron chi connectivity index (χ1n) is 8.48. The van der Waals surface area contributed by atoms with Gasteiger partial charge < -0.3 is 5.73 Å². The van der Waals surface area contributed by atoms with Crippen LogP contribution in [0.5, 0.6) is 0 Å². The van der Waals surface area contributed by atoms with E-state index in [4.69, 9.17) is 11.0 Å². The molecule has 0 unspecified atom stereocenters. The number of hydrogen-bond acceptors (Lipinski definition) is 4. The largest absolute Gasteiger partial charge is 0.397 e. The lowest BCUT2D eigenvalue weighted by Gasteiger charge is -2.06. The van der Waals surface area contributed by atoms with Crippen LogP contribution in [-0.4, -0.2) is 23.9 Å². The Bertz CT molecular complexity index is 902. The van der Waals surface area contributed by atoms with Crippen molar-refractivity contribution in [3.05, 3.63) is 95.4 Å². The first-order chi connectivity index (χ1) is 13.2. The number of rotatable bonds is 7. The third kappa shape index (κ3) is 6.05. The zero-order valence-electron chi connectivity index (χ0n) is 15.1. The van der Waals surface area contributed by atoms with E-state index in [1.165, 1.54) is 0 Å². The number of nitriles is 1. The highest BCUT2D eigenvalue weighted by molar-refractivity contribution is 6.12. The molecule has 0 aliphatic rings. The van der Waals surface area contributed by atoms with E-state index in [0.717, 1.165) is 5.56 Å². The molecule has 2 N–H and O–H groups in total. The van der Waals surface area contributed by atoms with E-state index < -0.39 is 6.67 Å². The fourth-order valence-electron chi connectivity index (χ4n) is 2.25. The zero-order chi connectivity index (χ0) is 19.5. The Morgan fingerprint density at radius 2 is 2.04 bits per heavy atom. The van der Waals surface area contributed by atoms with Crippen LogP contribution < -0.4 is 5.73 Å². The van der Waals surface area contributed by atoms with Crippen LogP contribution in [0, 0.1) is 11.3 Å². The number of hydrogen-bond donors (Lipinski definition) is 1. The zero-order valence-corrected chi connectivity index (χ0v) is 15.1. The van der Waals surface area contributed by atoms with E-state index in [1.54, 1.807) is 54.8 Å².